The first-order valence-corrected chi connectivity index (χ1v) is 12.3. The Labute approximate surface area is 173 Å². The molecule has 0 fully saturated rings. The second-order valence-electron chi connectivity index (χ2n) is 6.30. The summed E-state index contributed by atoms with van der Waals surface area (Å²) in [6.45, 7) is 6.50. The first-order chi connectivity index (χ1) is 13.0. The highest BCUT2D eigenvalue weighted by Crippen LogP contribution is 2.64. The van der Waals surface area contributed by atoms with Gasteiger partial charge in [0.15, 0.2) is 0 Å². The smallest absolute Gasteiger partial charge is 0.308 e. The highest BCUT2D eigenvalue weighted by atomic mass is 79.9. The first kappa shape index (κ1) is 20.8. The van der Waals surface area contributed by atoms with Crippen LogP contribution in [0, 0.1) is 6.92 Å². The Balaban J connectivity index is 2.15. The molecule has 0 aliphatic heterocycles. The molecular formula is C21H24BrO3PS. The van der Waals surface area contributed by atoms with Crippen molar-refractivity contribution in [3.8, 4) is 0 Å². The molecule has 6 heteroatoms. The molecule has 144 valence electrons. The standard InChI is InChI=1S/C21H24BrO3PS/c1-4-24-26(23,25-5-2)18(14-16-11-7-6-10-15(16)3)21-20(22)17-12-8-9-13-19(17)27-21/h6-13,18H,4-5,14H2,1-3H3. The molecule has 1 heterocycles. The first-order valence-electron chi connectivity index (χ1n) is 9.10. The molecule has 27 heavy (non-hydrogen) atoms. The van der Waals surface area contributed by atoms with Crippen LogP contribution in [0.15, 0.2) is 53.0 Å². The highest BCUT2D eigenvalue weighted by molar-refractivity contribution is 9.10. The molecule has 0 saturated heterocycles. The third-order valence-corrected chi connectivity index (χ3v) is 9.55. The highest BCUT2D eigenvalue weighted by Gasteiger charge is 2.39. The summed E-state index contributed by atoms with van der Waals surface area (Å²) in [5.41, 5.74) is 1.98. The number of rotatable bonds is 8. The fourth-order valence-electron chi connectivity index (χ4n) is 3.22. The van der Waals surface area contributed by atoms with Gasteiger partial charge in [-0.25, -0.2) is 0 Å². The maximum atomic E-state index is 13.8. The average molecular weight is 467 g/mol. The minimum absolute atomic E-state index is 0.351. The van der Waals surface area contributed by atoms with Crippen molar-refractivity contribution >= 4 is 44.9 Å². The van der Waals surface area contributed by atoms with Gasteiger partial charge in [0.1, 0.15) is 5.66 Å². The van der Waals surface area contributed by atoms with Crippen LogP contribution in [-0.2, 0) is 20.0 Å². The minimum atomic E-state index is -3.34. The van der Waals surface area contributed by atoms with Crippen LogP contribution >= 0.6 is 34.9 Å². The number of aryl methyl sites for hydroxylation is 1. The quantitative estimate of drug-likeness (QED) is 0.322. The van der Waals surface area contributed by atoms with E-state index in [1.54, 1.807) is 11.3 Å². The molecule has 1 aromatic heterocycles. The maximum absolute atomic E-state index is 13.8. The fourth-order valence-corrected chi connectivity index (χ4v) is 8.01. The Morgan fingerprint density at radius 1 is 1.04 bits per heavy atom. The molecule has 0 bridgehead atoms. The average Bonchev–Trinajstić information content (AvgIpc) is 2.98. The van der Waals surface area contributed by atoms with E-state index in [-0.39, 0.29) is 5.66 Å². The van der Waals surface area contributed by atoms with Gasteiger partial charge in [-0.2, -0.15) is 0 Å². The largest absolute Gasteiger partial charge is 0.339 e. The van der Waals surface area contributed by atoms with Crippen molar-refractivity contribution in [1.29, 1.82) is 0 Å². The zero-order valence-corrected chi connectivity index (χ0v) is 19.1. The number of hydrogen-bond donors (Lipinski definition) is 0. The Bertz CT molecular complexity index is 959. The predicted molar refractivity (Wildman–Crippen MR) is 118 cm³/mol. The molecule has 0 N–H and O–H groups in total. The van der Waals surface area contributed by atoms with Gasteiger partial charge in [-0.05, 0) is 60.3 Å². The second kappa shape index (κ2) is 9.02. The summed E-state index contributed by atoms with van der Waals surface area (Å²) in [4.78, 5) is 1.02. The molecule has 1 unspecified atom stereocenters. The topological polar surface area (TPSA) is 35.5 Å². The van der Waals surface area contributed by atoms with Crippen molar-refractivity contribution in [2.45, 2.75) is 32.9 Å². The van der Waals surface area contributed by atoms with E-state index in [0.29, 0.717) is 19.6 Å². The van der Waals surface area contributed by atoms with Crippen LogP contribution in [0.2, 0.25) is 0 Å². The van der Waals surface area contributed by atoms with Gasteiger partial charge in [-0.1, -0.05) is 42.5 Å². The number of halogens is 1. The molecule has 0 aliphatic carbocycles. The summed E-state index contributed by atoms with van der Waals surface area (Å²) < 4.78 is 27.5. The molecule has 3 aromatic rings. The summed E-state index contributed by atoms with van der Waals surface area (Å²) in [5.74, 6) is 0. The van der Waals surface area contributed by atoms with Gasteiger partial charge in [-0.3, -0.25) is 4.57 Å². The number of fused-ring (bicyclic) bond motifs is 1. The van der Waals surface area contributed by atoms with E-state index in [4.69, 9.17) is 9.05 Å². The van der Waals surface area contributed by atoms with E-state index < -0.39 is 7.60 Å². The van der Waals surface area contributed by atoms with Crippen LogP contribution in [0.3, 0.4) is 0 Å². The third-order valence-electron chi connectivity index (χ3n) is 4.54. The number of benzene rings is 2. The van der Waals surface area contributed by atoms with Crippen molar-refractivity contribution in [3.63, 3.8) is 0 Å². The van der Waals surface area contributed by atoms with E-state index in [0.717, 1.165) is 25.0 Å². The summed E-state index contributed by atoms with van der Waals surface area (Å²) in [7, 11) is -3.34. The van der Waals surface area contributed by atoms with E-state index in [2.05, 4.69) is 47.1 Å². The van der Waals surface area contributed by atoms with E-state index in [1.165, 1.54) is 5.56 Å². The molecule has 0 amide bonds. The second-order valence-corrected chi connectivity index (χ2v) is 10.4. The van der Waals surface area contributed by atoms with Crippen LogP contribution in [0.25, 0.3) is 10.1 Å². The predicted octanol–water partition coefficient (Wildman–Crippen LogP) is 7.52. The normalized spacial score (nSPS) is 13.2. The zero-order valence-electron chi connectivity index (χ0n) is 15.8. The number of thiophene rings is 1. The Kier molecular flexibility index (Phi) is 6.93. The fraction of sp³-hybridized carbons (Fsp3) is 0.333. The van der Waals surface area contributed by atoms with E-state index in [9.17, 15) is 4.57 Å². The maximum Gasteiger partial charge on any atom is 0.339 e. The lowest BCUT2D eigenvalue weighted by Crippen LogP contribution is -2.10. The molecule has 2 aromatic carbocycles. The van der Waals surface area contributed by atoms with Crippen molar-refractivity contribution in [3.05, 3.63) is 69.0 Å². The minimum Gasteiger partial charge on any atom is -0.308 e. The SMILES string of the molecule is CCOP(=O)(OCC)C(Cc1ccccc1C)c1sc2ccccc2c1Br. The lowest BCUT2D eigenvalue weighted by atomic mass is 10.0. The molecule has 3 nitrogen and oxygen atoms in total. The van der Waals surface area contributed by atoms with Gasteiger partial charge in [0.2, 0.25) is 0 Å². The van der Waals surface area contributed by atoms with Gasteiger partial charge in [-0.15, -0.1) is 11.3 Å². The van der Waals surface area contributed by atoms with E-state index >= 15 is 0 Å². The lowest BCUT2D eigenvalue weighted by molar-refractivity contribution is 0.212. The monoisotopic (exact) mass is 466 g/mol. The van der Waals surface area contributed by atoms with Gasteiger partial charge < -0.3 is 9.05 Å². The van der Waals surface area contributed by atoms with Crippen molar-refractivity contribution in [2.75, 3.05) is 13.2 Å². The van der Waals surface area contributed by atoms with Crippen molar-refractivity contribution in [2.24, 2.45) is 0 Å². The molecule has 0 saturated carbocycles. The summed E-state index contributed by atoms with van der Waals surface area (Å²) >= 11 is 5.41. The molecule has 0 spiro atoms. The van der Waals surface area contributed by atoms with Crippen molar-refractivity contribution < 1.29 is 13.6 Å². The Morgan fingerprint density at radius 2 is 1.67 bits per heavy atom. The lowest BCUT2D eigenvalue weighted by Gasteiger charge is -2.26. The summed E-state index contributed by atoms with van der Waals surface area (Å²) in [6.07, 6.45) is 0.607. The third kappa shape index (κ3) is 4.38. The Morgan fingerprint density at radius 3 is 2.30 bits per heavy atom. The van der Waals surface area contributed by atoms with Crippen LogP contribution in [0.1, 0.15) is 35.5 Å². The van der Waals surface area contributed by atoms with Crippen LogP contribution in [-0.4, -0.2) is 13.2 Å². The summed E-state index contributed by atoms with van der Waals surface area (Å²) in [6, 6.07) is 16.4. The van der Waals surface area contributed by atoms with E-state index in [1.807, 2.05) is 38.1 Å². The molecule has 3 rings (SSSR count). The van der Waals surface area contributed by atoms with Crippen LogP contribution < -0.4 is 0 Å². The van der Waals surface area contributed by atoms with Crippen LogP contribution in [0.5, 0.6) is 0 Å². The van der Waals surface area contributed by atoms with Gasteiger partial charge in [0.25, 0.3) is 0 Å². The van der Waals surface area contributed by atoms with Crippen molar-refractivity contribution in [1.82, 2.24) is 0 Å². The van der Waals surface area contributed by atoms with Gasteiger partial charge >= 0.3 is 7.60 Å². The molecule has 1 atom stereocenters. The van der Waals surface area contributed by atoms with Gasteiger partial charge in [0, 0.05) is 19.4 Å². The Hall–Kier alpha value is -0.970. The molecule has 0 radical (unpaired) electrons. The molecule has 0 aliphatic rings. The van der Waals surface area contributed by atoms with Gasteiger partial charge in [0.05, 0.1) is 13.2 Å². The van der Waals surface area contributed by atoms with Crippen LogP contribution in [0.4, 0.5) is 0 Å². The summed E-state index contributed by atoms with van der Waals surface area (Å²) in [5, 5.41) is 1.13. The zero-order chi connectivity index (χ0) is 19.4. The number of hydrogen-bond acceptors (Lipinski definition) is 4. The molecular weight excluding hydrogens is 443 g/mol.